The van der Waals surface area contributed by atoms with E-state index in [1.807, 2.05) is 18.2 Å². The zero-order chi connectivity index (χ0) is 14.7. The maximum Gasteiger partial charge on any atom is 0.163 e. The second kappa shape index (κ2) is 6.48. The molecule has 2 aliphatic heterocycles. The van der Waals surface area contributed by atoms with Crippen LogP contribution < -0.4 is 9.47 Å². The fourth-order valence-corrected chi connectivity index (χ4v) is 2.73. The van der Waals surface area contributed by atoms with E-state index in [4.69, 9.17) is 14.2 Å². The second-order valence-corrected chi connectivity index (χ2v) is 5.99. The molecular weight excluding hydrogens is 268 g/mol. The summed E-state index contributed by atoms with van der Waals surface area (Å²) >= 11 is 0. The van der Waals surface area contributed by atoms with E-state index in [9.17, 15) is 4.79 Å². The minimum Gasteiger partial charge on any atom is -0.489 e. The van der Waals surface area contributed by atoms with Crippen molar-refractivity contribution >= 4 is 5.78 Å². The topological polar surface area (TPSA) is 44.8 Å². The minimum atomic E-state index is 0.147. The molecule has 4 nitrogen and oxygen atoms in total. The first kappa shape index (κ1) is 14.4. The number of carbonyl (C=O) groups excluding carboxylic acids is 1. The first-order chi connectivity index (χ1) is 10.2. The summed E-state index contributed by atoms with van der Waals surface area (Å²) in [7, 11) is 0. The number of ketones is 1. The van der Waals surface area contributed by atoms with E-state index in [0.717, 1.165) is 31.6 Å². The number of carbonyl (C=O) groups is 1. The van der Waals surface area contributed by atoms with Gasteiger partial charge in [0.25, 0.3) is 0 Å². The molecular formula is C17H22O4. The van der Waals surface area contributed by atoms with Gasteiger partial charge in [-0.15, -0.1) is 0 Å². The molecule has 0 aromatic heterocycles. The van der Waals surface area contributed by atoms with E-state index in [-0.39, 0.29) is 11.9 Å². The van der Waals surface area contributed by atoms with Crippen molar-refractivity contribution in [2.45, 2.75) is 38.7 Å². The van der Waals surface area contributed by atoms with Gasteiger partial charge < -0.3 is 14.2 Å². The highest BCUT2D eigenvalue weighted by molar-refractivity contribution is 5.96. The molecule has 0 bridgehead atoms. The Hall–Kier alpha value is -1.55. The van der Waals surface area contributed by atoms with Gasteiger partial charge in [-0.2, -0.15) is 0 Å². The molecule has 3 rings (SSSR count). The smallest absolute Gasteiger partial charge is 0.163 e. The van der Waals surface area contributed by atoms with E-state index in [2.05, 4.69) is 6.92 Å². The number of fused-ring (bicyclic) bond motifs is 1. The molecule has 2 atom stereocenters. The molecule has 4 heteroatoms. The zero-order valence-electron chi connectivity index (χ0n) is 12.5. The van der Waals surface area contributed by atoms with Crippen LogP contribution in [0, 0.1) is 5.92 Å². The summed E-state index contributed by atoms with van der Waals surface area (Å²) in [4.78, 5) is 12.3. The van der Waals surface area contributed by atoms with Crippen LogP contribution in [0.4, 0.5) is 0 Å². The lowest BCUT2D eigenvalue weighted by Crippen LogP contribution is -2.12. The average molecular weight is 290 g/mol. The van der Waals surface area contributed by atoms with Gasteiger partial charge in [0.1, 0.15) is 0 Å². The fourth-order valence-electron chi connectivity index (χ4n) is 2.73. The normalized spacial score (nSPS) is 24.6. The van der Waals surface area contributed by atoms with Crippen molar-refractivity contribution in [1.82, 2.24) is 0 Å². The fraction of sp³-hybridized carbons (Fsp3) is 0.588. The van der Waals surface area contributed by atoms with Gasteiger partial charge >= 0.3 is 0 Å². The number of hydrogen-bond donors (Lipinski definition) is 0. The van der Waals surface area contributed by atoms with Crippen LogP contribution in [0.3, 0.4) is 0 Å². The second-order valence-electron chi connectivity index (χ2n) is 5.99. The molecule has 0 N–H and O–H groups in total. The van der Waals surface area contributed by atoms with Crippen LogP contribution in [0.1, 0.15) is 43.0 Å². The lowest BCUT2D eigenvalue weighted by atomic mass is 10.0. The molecule has 2 heterocycles. The van der Waals surface area contributed by atoms with Crippen LogP contribution in [0.25, 0.3) is 0 Å². The molecule has 1 aromatic carbocycles. The Morgan fingerprint density at radius 2 is 2.05 bits per heavy atom. The molecule has 1 fully saturated rings. The highest BCUT2D eigenvalue weighted by Gasteiger charge is 2.19. The quantitative estimate of drug-likeness (QED) is 0.799. The van der Waals surface area contributed by atoms with Crippen LogP contribution in [0.5, 0.6) is 11.5 Å². The monoisotopic (exact) mass is 290 g/mol. The molecule has 1 aromatic rings. The third-order valence-electron chi connectivity index (χ3n) is 4.03. The van der Waals surface area contributed by atoms with E-state index in [1.54, 1.807) is 0 Å². The molecule has 0 aliphatic carbocycles. The first-order valence-corrected chi connectivity index (χ1v) is 7.77. The molecule has 1 saturated heterocycles. The Morgan fingerprint density at radius 1 is 1.24 bits per heavy atom. The number of hydrogen-bond acceptors (Lipinski definition) is 4. The van der Waals surface area contributed by atoms with Crippen molar-refractivity contribution in [3.8, 4) is 11.5 Å². The van der Waals surface area contributed by atoms with Gasteiger partial charge in [0.2, 0.25) is 0 Å². The van der Waals surface area contributed by atoms with Crippen molar-refractivity contribution in [2.24, 2.45) is 5.92 Å². The maximum atomic E-state index is 12.3. The third kappa shape index (κ3) is 3.56. The Labute approximate surface area is 125 Å². The number of ether oxygens (including phenoxy) is 3. The van der Waals surface area contributed by atoms with Crippen LogP contribution in [-0.2, 0) is 4.74 Å². The van der Waals surface area contributed by atoms with Crippen LogP contribution in [0.2, 0.25) is 0 Å². The minimum absolute atomic E-state index is 0.147. The summed E-state index contributed by atoms with van der Waals surface area (Å²) < 4.78 is 17.0. The number of rotatable bonds is 4. The van der Waals surface area contributed by atoms with Gasteiger partial charge in [0, 0.05) is 24.5 Å². The molecule has 0 spiro atoms. The Balaban J connectivity index is 1.64. The van der Waals surface area contributed by atoms with Gasteiger partial charge in [0.05, 0.1) is 19.3 Å². The Bertz CT molecular complexity index is 506. The lowest BCUT2D eigenvalue weighted by Gasteiger charge is -2.10. The number of Topliss-reactive ketones (excluding diaryl/α,β-unsaturated/α-hetero) is 1. The van der Waals surface area contributed by atoms with Crippen LogP contribution in [-0.4, -0.2) is 31.7 Å². The van der Waals surface area contributed by atoms with Crippen LogP contribution in [0.15, 0.2) is 18.2 Å². The van der Waals surface area contributed by atoms with Crippen molar-refractivity contribution < 1.29 is 19.0 Å². The molecule has 2 unspecified atom stereocenters. The molecule has 0 amide bonds. The van der Waals surface area contributed by atoms with E-state index in [0.29, 0.717) is 36.9 Å². The van der Waals surface area contributed by atoms with Crippen molar-refractivity contribution in [3.63, 3.8) is 0 Å². The van der Waals surface area contributed by atoms with Gasteiger partial charge in [-0.05, 0) is 37.5 Å². The Morgan fingerprint density at radius 3 is 2.81 bits per heavy atom. The highest BCUT2D eigenvalue weighted by Crippen LogP contribution is 2.32. The van der Waals surface area contributed by atoms with E-state index >= 15 is 0 Å². The molecule has 2 aliphatic rings. The van der Waals surface area contributed by atoms with Gasteiger partial charge in [-0.1, -0.05) is 6.92 Å². The molecule has 0 saturated carbocycles. The van der Waals surface area contributed by atoms with E-state index < -0.39 is 0 Å². The maximum absolute atomic E-state index is 12.3. The van der Waals surface area contributed by atoms with Gasteiger partial charge in [-0.3, -0.25) is 4.79 Å². The summed E-state index contributed by atoms with van der Waals surface area (Å²) in [6.45, 7) is 4.19. The summed E-state index contributed by atoms with van der Waals surface area (Å²) in [5.74, 6) is 1.92. The third-order valence-corrected chi connectivity index (χ3v) is 4.03. The summed E-state index contributed by atoms with van der Waals surface area (Å²) in [6.07, 6.45) is 3.79. The molecule has 0 radical (unpaired) electrons. The predicted octanol–water partition coefficient (Wildman–Crippen LogP) is 3.24. The molecule has 21 heavy (non-hydrogen) atoms. The standard InChI is InChI=1S/C17H22O4/c1-12-10-20-16-7-4-13(9-17(16)21-11-12)15(18)6-5-14-3-2-8-19-14/h4,7,9,12,14H,2-3,5-6,8,10-11H2,1H3. The van der Waals surface area contributed by atoms with E-state index in [1.165, 1.54) is 0 Å². The summed E-state index contributed by atoms with van der Waals surface area (Å²) in [5.41, 5.74) is 0.699. The van der Waals surface area contributed by atoms with Gasteiger partial charge in [0.15, 0.2) is 17.3 Å². The predicted molar refractivity (Wildman–Crippen MR) is 79.1 cm³/mol. The van der Waals surface area contributed by atoms with Crippen molar-refractivity contribution in [3.05, 3.63) is 23.8 Å². The Kier molecular flexibility index (Phi) is 4.44. The summed E-state index contributed by atoms with van der Waals surface area (Å²) in [6, 6.07) is 5.48. The number of benzene rings is 1. The average Bonchev–Trinajstić information content (AvgIpc) is 2.95. The van der Waals surface area contributed by atoms with Crippen molar-refractivity contribution in [1.29, 1.82) is 0 Å². The van der Waals surface area contributed by atoms with Gasteiger partial charge in [-0.25, -0.2) is 0 Å². The van der Waals surface area contributed by atoms with Crippen molar-refractivity contribution in [2.75, 3.05) is 19.8 Å². The highest BCUT2D eigenvalue weighted by atomic mass is 16.5. The first-order valence-electron chi connectivity index (χ1n) is 7.77. The SMILES string of the molecule is CC1COc2ccc(C(=O)CCC3CCCO3)cc2OC1. The largest absolute Gasteiger partial charge is 0.489 e. The summed E-state index contributed by atoms with van der Waals surface area (Å²) in [5, 5.41) is 0. The zero-order valence-corrected chi connectivity index (χ0v) is 12.5. The lowest BCUT2D eigenvalue weighted by molar-refractivity contribution is 0.0859. The van der Waals surface area contributed by atoms with Crippen LogP contribution >= 0.6 is 0 Å². The molecule has 114 valence electrons.